The predicted molar refractivity (Wildman–Crippen MR) is 76.9 cm³/mol. The molecule has 2 heterocycles. The lowest BCUT2D eigenvalue weighted by molar-refractivity contribution is -0.141. The molecular weight excluding hydrogens is 278 g/mol. The van der Waals surface area contributed by atoms with Crippen LogP contribution >= 0.6 is 11.3 Å². The Bertz CT molecular complexity index is 457. The zero-order valence-electron chi connectivity index (χ0n) is 11.5. The number of aliphatic carboxylic acids is 1. The van der Waals surface area contributed by atoms with Crippen molar-refractivity contribution in [2.75, 3.05) is 31.1 Å². The Morgan fingerprint density at radius 1 is 1.50 bits per heavy atom. The van der Waals surface area contributed by atoms with E-state index in [4.69, 9.17) is 5.11 Å². The van der Waals surface area contributed by atoms with E-state index in [2.05, 4.69) is 4.98 Å². The third kappa shape index (κ3) is 3.69. The summed E-state index contributed by atoms with van der Waals surface area (Å²) in [7, 11) is 0. The summed E-state index contributed by atoms with van der Waals surface area (Å²) in [5.74, 6) is -1.35. The first-order chi connectivity index (χ1) is 9.58. The Labute approximate surface area is 122 Å². The molecule has 1 aromatic heterocycles. The molecule has 1 saturated heterocycles. The molecule has 0 aliphatic carbocycles. The molecule has 110 valence electrons. The van der Waals surface area contributed by atoms with Gasteiger partial charge < -0.3 is 14.9 Å². The largest absolute Gasteiger partial charge is 0.481 e. The van der Waals surface area contributed by atoms with Crippen molar-refractivity contribution >= 4 is 28.3 Å². The molecular formula is C13H19N3O3S. The fraction of sp³-hybridized carbons (Fsp3) is 0.615. The number of nitrogens with zero attached hydrogens (tertiary/aromatic N) is 3. The molecule has 1 aliphatic heterocycles. The van der Waals surface area contributed by atoms with Crippen LogP contribution in [0.2, 0.25) is 0 Å². The maximum atomic E-state index is 12.2. The minimum absolute atomic E-state index is 0.0512. The summed E-state index contributed by atoms with van der Waals surface area (Å²) in [5.41, 5.74) is 0. The van der Waals surface area contributed by atoms with Crippen molar-refractivity contribution in [3.63, 3.8) is 0 Å². The van der Waals surface area contributed by atoms with Gasteiger partial charge in [-0.15, -0.1) is 11.3 Å². The third-order valence-corrected chi connectivity index (χ3v) is 4.22. The predicted octanol–water partition coefficient (Wildman–Crippen LogP) is 1.29. The van der Waals surface area contributed by atoms with E-state index in [1.165, 1.54) is 11.3 Å². The lowest BCUT2D eigenvalue weighted by Gasteiger charge is -2.25. The molecule has 1 fully saturated rings. The number of amides is 1. The molecule has 0 saturated carbocycles. The molecule has 1 amide bonds. The third-order valence-electron chi connectivity index (χ3n) is 3.39. The highest BCUT2D eigenvalue weighted by molar-refractivity contribution is 7.13. The zero-order chi connectivity index (χ0) is 14.5. The SMILES string of the molecule is CC(CN(CC(=O)N1CCCC1)c1nccs1)C(=O)O. The van der Waals surface area contributed by atoms with Gasteiger partial charge in [-0.1, -0.05) is 6.92 Å². The minimum Gasteiger partial charge on any atom is -0.481 e. The molecule has 0 radical (unpaired) electrons. The van der Waals surface area contributed by atoms with Crippen molar-refractivity contribution in [2.24, 2.45) is 5.92 Å². The number of carboxylic acid groups (broad SMARTS) is 1. The molecule has 1 aromatic rings. The average Bonchev–Trinajstić information content (AvgIpc) is 3.10. The number of likely N-dealkylation sites (tertiary alicyclic amines) is 1. The van der Waals surface area contributed by atoms with E-state index < -0.39 is 11.9 Å². The van der Waals surface area contributed by atoms with Crippen LogP contribution in [-0.2, 0) is 9.59 Å². The monoisotopic (exact) mass is 297 g/mol. The quantitative estimate of drug-likeness (QED) is 0.856. The standard InChI is InChI=1S/C13H19N3O3S/c1-10(12(18)19)8-16(13-14-4-7-20-13)9-11(17)15-5-2-3-6-15/h4,7,10H,2-3,5-6,8-9H2,1H3,(H,18,19). The van der Waals surface area contributed by atoms with Crippen LogP contribution in [-0.4, -0.2) is 53.0 Å². The van der Waals surface area contributed by atoms with Gasteiger partial charge in [0.25, 0.3) is 0 Å². The van der Waals surface area contributed by atoms with E-state index in [0.29, 0.717) is 11.7 Å². The smallest absolute Gasteiger partial charge is 0.308 e. The molecule has 2 rings (SSSR count). The fourth-order valence-electron chi connectivity index (χ4n) is 2.22. The van der Waals surface area contributed by atoms with Crippen molar-refractivity contribution < 1.29 is 14.7 Å². The highest BCUT2D eigenvalue weighted by Gasteiger charge is 2.24. The number of aromatic nitrogens is 1. The van der Waals surface area contributed by atoms with Gasteiger partial charge >= 0.3 is 5.97 Å². The van der Waals surface area contributed by atoms with Crippen molar-refractivity contribution in [1.29, 1.82) is 0 Å². The second kappa shape index (κ2) is 6.69. The summed E-state index contributed by atoms with van der Waals surface area (Å²) < 4.78 is 0. The van der Waals surface area contributed by atoms with Gasteiger partial charge in [-0.05, 0) is 12.8 Å². The molecule has 0 aromatic carbocycles. The van der Waals surface area contributed by atoms with Crippen molar-refractivity contribution in [3.05, 3.63) is 11.6 Å². The van der Waals surface area contributed by atoms with Crippen LogP contribution in [0.3, 0.4) is 0 Å². The van der Waals surface area contributed by atoms with Gasteiger partial charge in [-0.25, -0.2) is 4.98 Å². The van der Waals surface area contributed by atoms with E-state index >= 15 is 0 Å². The van der Waals surface area contributed by atoms with Crippen molar-refractivity contribution in [1.82, 2.24) is 9.88 Å². The lowest BCUT2D eigenvalue weighted by Crippen LogP contribution is -2.41. The van der Waals surface area contributed by atoms with Gasteiger partial charge in [-0.2, -0.15) is 0 Å². The molecule has 7 heteroatoms. The average molecular weight is 297 g/mol. The van der Waals surface area contributed by atoms with Crippen LogP contribution < -0.4 is 4.90 Å². The van der Waals surface area contributed by atoms with Crippen LogP contribution in [0, 0.1) is 5.92 Å². The van der Waals surface area contributed by atoms with Crippen molar-refractivity contribution in [2.45, 2.75) is 19.8 Å². The summed E-state index contributed by atoms with van der Waals surface area (Å²) in [6.45, 7) is 3.74. The number of hydrogen-bond donors (Lipinski definition) is 1. The number of carbonyl (C=O) groups excluding carboxylic acids is 1. The van der Waals surface area contributed by atoms with Gasteiger partial charge in [0.15, 0.2) is 5.13 Å². The Morgan fingerprint density at radius 2 is 2.20 bits per heavy atom. The number of anilines is 1. The second-order valence-electron chi connectivity index (χ2n) is 5.02. The van der Waals surface area contributed by atoms with E-state index in [1.807, 2.05) is 10.3 Å². The van der Waals surface area contributed by atoms with Crippen LogP contribution in [0.1, 0.15) is 19.8 Å². The van der Waals surface area contributed by atoms with E-state index in [1.54, 1.807) is 18.0 Å². The molecule has 6 nitrogen and oxygen atoms in total. The van der Waals surface area contributed by atoms with Gasteiger partial charge in [-0.3, -0.25) is 9.59 Å². The topological polar surface area (TPSA) is 73.7 Å². The summed E-state index contributed by atoms with van der Waals surface area (Å²) in [6, 6.07) is 0. The van der Waals surface area contributed by atoms with Gasteiger partial charge in [0.1, 0.15) is 0 Å². The number of thiazole rings is 1. The Morgan fingerprint density at radius 3 is 2.75 bits per heavy atom. The number of carbonyl (C=O) groups is 2. The molecule has 20 heavy (non-hydrogen) atoms. The highest BCUT2D eigenvalue weighted by Crippen LogP contribution is 2.19. The highest BCUT2D eigenvalue weighted by atomic mass is 32.1. The van der Waals surface area contributed by atoms with Crippen LogP contribution in [0.15, 0.2) is 11.6 Å². The first kappa shape index (κ1) is 14.8. The van der Waals surface area contributed by atoms with E-state index in [9.17, 15) is 9.59 Å². The van der Waals surface area contributed by atoms with Gasteiger partial charge in [0, 0.05) is 31.2 Å². The molecule has 1 unspecified atom stereocenters. The molecule has 1 atom stereocenters. The molecule has 1 aliphatic rings. The first-order valence-electron chi connectivity index (χ1n) is 6.73. The normalized spacial score (nSPS) is 16.1. The molecule has 0 bridgehead atoms. The molecule has 1 N–H and O–H groups in total. The van der Waals surface area contributed by atoms with Crippen LogP contribution in [0.4, 0.5) is 5.13 Å². The number of carboxylic acids is 1. The van der Waals surface area contributed by atoms with Crippen molar-refractivity contribution in [3.8, 4) is 0 Å². The van der Waals surface area contributed by atoms with E-state index in [-0.39, 0.29) is 12.5 Å². The lowest BCUT2D eigenvalue weighted by atomic mass is 10.2. The Balaban J connectivity index is 2.02. The fourth-order valence-corrected chi connectivity index (χ4v) is 2.87. The number of rotatable bonds is 6. The zero-order valence-corrected chi connectivity index (χ0v) is 12.3. The van der Waals surface area contributed by atoms with Gasteiger partial charge in [0.05, 0.1) is 12.5 Å². The van der Waals surface area contributed by atoms with E-state index in [0.717, 1.165) is 25.9 Å². The maximum absolute atomic E-state index is 12.2. The number of hydrogen-bond acceptors (Lipinski definition) is 5. The summed E-state index contributed by atoms with van der Waals surface area (Å²) in [4.78, 5) is 31.0. The summed E-state index contributed by atoms with van der Waals surface area (Å²) >= 11 is 1.42. The summed E-state index contributed by atoms with van der Waals surface area (Å²) in [5, 5.41) is 11.6. The van der Waals surface area contributed by atoms with Crippen LogP contribution in [0.5, 0.6) is 0 Å². The first-order valence-corrected chi connectivity index (χ1v) is 7.61. The molecule has 0 spiro atoms. The second-order valence-corrected chi connectivity index (χ2v) is 5.90. The van der Waals surface area contributed by atoms with Crippen LogP contribution in [0.25, 0.3) is 0 Å². The van der Waals surface area contributed by atoms with Gasteiger partial charge in [0.2, 0.25) is 5.91 Å². The minimum atomic E-state index is -0.861. The maximum Gasteiger partial charge on any atom is 0.308 e. The Hall–Kier alpha value is -1.63. The summed E-state index contributed by atoms with van der Waals surface area (Å²) in [6.07, 6.45) is 3.77. The Kier molecular flexibility index (Phi) is 4.94.